The molecule has 2 N–H and O–H groups in total. The number of nitriles is 1. The molecule has 1 unspecified atom stereocenters. The number of ether oxygens (including phenoxy) is 1. The quantitative estimate of drug-likeness (QED) is 0.462. The molecule has 1 amide bonds. The Morgan fingerprint density at radius 2 is 1.76 bits per heavy atom. The van der Waals surface area contributed by atoms with Gasteiger partial charge in [0, 0.05) is 18.8 Å². The molecule has 190 valence electrons. The van der Waals surface area contributed by atoms with Crippen molar-refractivity contribution in [2.45, 2.75) is 38.7 Å². The van der Waals surface area contributed by atoms with Crippen LogP contribution in [0.5, 0.6) is 0 Å². The number of piperidine rings is 1. The van der Waals surface area contributed by atoms with E-state index in [9.17, 15) is 20.0 Å². The number of rotatable bonds is 7. The maximum absolute atomic E-state index is 12.6. The molecule has 2 heterocycles. The third-order valence-corrected chi connectivity index (χ3v) is 7.61. The van der Waals surface area contributed by atoms with Crippen LogP contribution in [0.4, 0.5) is 16.3 Å². The van der Waals surface area contributed by atoms with E-state index in [1.54, 1.807) is 6.92 Å². The van der Waals surface area contributed by atoms with Crippen LogP contribution in [0.15, 0.2) is 60.8 Å². The van der Waals surface area contributed by atoms with Crippen LogP contribution in [-0.2, 0) is 9.53 Å². The van der Waals surface area contributed by atoms with E-state index in [1.165, 1.54) is 10.9 Å². The van der Waals surface area contributed by atoms with Crippen LogP contribution in [0.1, 0.15) is 49.8 Å². The number of amides is 1. The lowest BCUT2D eigenvalue weighted by Gasteiger charge is -2.36. The Morgan fingerprint density at radius 3 is 2.35 bits per heavy atom. The number of hydrogen-bond donors (Lipinski definition) is 2. The summed E-state index contributed by atoms with van der Waals surface area (Å²) in [6.07, 6.45) is 3.61. The summed E-state index contributed by atoms with van der Waals surface area (Å²) in [6.45, 7) is 3.42. The Balaban J connectivity index is 1.26. The van der Waals surface area contributed by atoms with Gasteiger partial charge in [-0.25, -0.2) is 9.48 Å². The van der Waals surface area contributed by atoms with Crippen molar-refractivity contribution in [3.05, 3.63) is 71.9 Å². The first-order valence-electron chi connectivity index (χ1n) is 12.5. The van der Waals surface area contributed by atoms with E-state index < -0.39 is 23.6 Å². The number of benzene rings is 2. The molecular formula is C28H29N5O4. The molecule has 1 aliphatic heterocycles. The third-order valence-electron chi connectivity index (χ3n) is 7.61. The summed E-state index contributed by atoms with van der Waals surface area (Å²) in [5, 5.41) is 26.1. The molecule has 0 spiro atoms. The van der Waals surface area contributed by atoms with Crippen molar-refractivity contribution in [3.63, 3.8) is 0 Å². The summed E-state index contributed by atoms with van der Waals surface area (Å²) < 4.78 is 7.01. The lowest BCUT2D eigenvalue weighted by molar-refractivity contribution is -0.146. The van der Waals surface area contributed by atoms with Gasteiger partial charge < -0.3 is 14.7 Å². The highest BCUT2D eigenvalue weighted by Crippen LogP contribution is 2.55. The molecule has 5 rings (SSSR count). The van der Waals surface area contributed by atoms with Gasteiger partial charge in [-0.3, -0.25) is 10.1 Å². The first kappa shape index (κ1) is 24.4. The maximum Gasteiger partial charge on any atom is 0.413 e. The van der Waals surface area contributed by atoms with Gasteiger partial charge in [-0.2, -0.15) is 10.4 Å². The third kappa shape index (κ3) is 4.87. The molecule has 2 fully saturated rings. The Kier molecular flexibility index (Phi) is 6.57. The molecule has 0 bridgehead atoms. The fraction of sp³-hybridized carbons (Fsp3) is 0.357. The Labute approximate surface area is 215 Å². The van der Waals surface area contributed by atoms with Crippen molar-refractivity contribution in [2.24, 2.45) is 11.3 Å². The number of carbonyl (C=O) groups excluding carboxylic acids is 1. The number of nitrogens with zero attached hydrogens (tertiary/aromatic N) is 4. The van der Waals surface area contributed by atoms with Crippen molar-refractivity contribution in [1.29, 1.82) is 5.26 Å². The van der Waals surface area contributed by atoms with Crippen LogP contribution in [0.25, 0.3) is 5.69 Å². The highest BCUT2D eigenvalue weighted by molar-refractivity contribution is 5.86. The predicted octanol–water partition coefficient (Wildman–Crippen LogP) is 5.13. The first-order valence-corrected chi connectivity index (χ1v) is 12.5. The van der Waals surface area contributed by atoms with Crippen LogP contribution in [0, 0.1) is 22.7 Å². The monoisotopic (exact) mass is 499 g/mol. The molecule has 1 atom stereocenters. The summed E-state index contributed by atoms with van der Waals surface area (Å²) in [7, 11) is 0. The highest BCUT2D eigenvalue weighted by Gasteiger charge is 2.56. The topological polar surface area (TPSA) is 120 Å². The van der Waals surface area contributed by atoms with E-state index >= 15 is 0 Å². The zero-order valence-corrected chi connectivity index (χ0v) is 20.6. The van der Waals surface area contributed by atoms with Crippen LogP contribution >= 0.6 is 0 Å². The van der Waals surface area contributed by atoms with Gasteiger partial charge in [-0.1, -0.05) is 30.3 Å². The number of aromatic nitrogens is 2. The standard InChI is InChI=1S/C28H29N5O4/c1-19(20-5-3-2-4-6-20)37-27(36)31-25-21(17-29)18-30-33(25)24-9-7-23(8-10-24)32-15-11-22(12-16-32)28(13-14-28)26(34)35/h2-10,18-19,22H,11-16H2,1H3,(H,31,36)(H,34,35). The van der Waals surface area contributed by atoms with E-state index in [-0.39, 0.29) is 17.3 Å². The van der Waals surface area contributed by atoms with Gasteiger partial charge in [0.15, 0.2) is 5.82 Å². The summed E-state index contributed by atoms with van der Waals surface area (Å²) in [4.78, 5) is 26.6. The van der Waals surface area contributed by atoms with Gasteiger partial charge in [-0.15, -0.1) is 0 Å². The van der Waals surface area contributed by atoms with Gasteiger partial charge in [0.05, 0.1) is 17.3 Å². The average Bonchev–Trinajstić information content (AvgIpc) is 3.65. The number of nitrogens with one attached hydrogen (secondary N) is 1. The summed E-state index contributed by atoms with van der Waals surface area (Å²) >= 11 is 0. The molecule has 9 heteroatoms. The Bertz CT molecular complexity index is 1320. The normalized spacial score (nSPS) is 17.5. The van der Waals surface area contributed by atoms with Crippen molar-refractivity contribution in [1.82, 2.24) is 9.78 Å². The summed E-state index contributed by atoms with van der Waals surface area (Å²) in [6, 6.07) is 19.2. The summed E-state index contributed by atoms with van der Waals surface area (Å²) in [5.41, 5.74) is 2.33. The highest BCUT2D eigenvalue weighted by atomic mass is 16.6. The van der Waals surface area contributed by atoms with Gasteiger partial charge in [-0.05, 0) is 68.4 Å². The number of aliphatic carboxylic acids is 1. The van der Waals surface area contributed by atoms with Gasteiger partial charge in [0.1, 0.15) is 17.7 Å². The molecule has 1 saturated heterocycles. The molecule has 37 heavy (non-hydrogen) atoms. The fourth-order valence-electron chi connectivity index (χ4n) is 5.25. The van der Waals surface area contributed by atoms with E-state index in [0.717, 1.165) is 50.0 Å². The molecule has 0 radical (unpaired) electrons. The minimum absolute atomic E-state index is 0.225. The predicted molar refractivity (Wildman–Crippen MR) is 137 cm³/mol. The zero-order chi connectivity index (χ0) is 26.0. The SMILES string of the molecule is CC(OC(=O)Nc1c(C#N)cnn1-c1ccc(N2CCC(C3(C(=O)O)CC3)CC2)cc1)c1ccccc1. The minimum Gasteiger partial charge on any atom is -0.481 e. The molecule has 1 saturated carbocycles. The van der Waals surface area contributed by atoms with Crippen molar-refractivity contribution in [2.75, 3.05) is 23.3 Å². The van der Waals surface area contributed by atoms with Gasteiger partial charge in [0.25, 0.3) is 0 Å². The number of carboxylic acid groups (broad SMARTS) is 1. The van der Waals surface area contributed by atoms with Crippen molar-refractivity contribution < 1.29 is 19.4 Å². The number of carboxylic acids is 1. The lowest BCUT2D eigenvalue weighted by Crippen LogP contribution is -2.39. The van der Waals surface area contributed by atoms with Gasteiger partial charge in [0.2, 0.25) is 0 Å². The summed E-state index contributed by atoms with van der Waals surface area (Å²) in [5.74, 6) is -0.161. The van der Waals surface area contributed by atoms with E-state index in [0.29, 0.717) is 5.69 Å². The van der Waals surface area contributed by atoms with Crippen molar-refractivity contribution >= 4 is 23.6 Å². The molecule has 1 aromatic heterocycles. The van der Waals surface area contributed by atoms with Crippen LogP contribution < -0.4 is 10.2 Å². The molecule has 2 aliphatic rings. The van der Waals surface area contributed by atoms with Crippen LogP contribution in [0.2, 0.25) is 0 Å². The second-order valence-corrected chi connectivity index (χ2v) is 9.75. The second kappa shape index (κ2) is 9.97. The molecule has 9 nitrogen and oxygen atoms in total. The van der Waals surface area contributed by atoms with Gasteiger partial charge >= 0.3 is 12.1 Å². The van der Waals surface area contributed by atoms with Crippen LogP contribution in [-0.4, -0.2) is 40.0 Å². The minimum atomic E-state index is -0.677. The average molecular weight is 500 g/mol. The van der Waals surface area contributed by atoms with Crippen molar-refractivity contribution in [3.8, 4) is 11.8 Å². The molecule has 2 aromatic carbocycles. The Hall–Kier alpha value is -4.32. The zero-order valence-electron chi connectivity index (χ0n) is 20.6. The lowest BCUT2D eigenvalue weighted by atomic mass is 9.81. The largest absolute Gasteiger partial charge is 0.481 e. The number of carbonyl (C=O) groups is 2. The van der Waals surface area contributed by atoms with E-state index in [4.69, 9.17) is 4.74 Å². The number of anilines is 2. The van der Waals surface area contributed by atoms with E-state index in [1.807, 2.05) is 54.6 Å². The Morgan fingerprint density at radius 1 is 1.11 bits per heavy atom. The fourth-order valence-corrected chi connectivity index (χ4v) is 5.25. The number of hydrogen-bond acceptors (Lipinski definition) is 6. The smallest absolute Gasteiger partial charge is 0.413 e. The molecular weight excluding hydrogens is 470 g/mol. The van der Waals surface area contributed by atoms with Crippen LogP contribution in [0.3, 0.4) is 0 Å². The first-order chi connectivity index (χ1) is 17.9. The molecule has 1 aliphatic carbocycles. The second-order valence-electron chi connectivity index (χ2n) is 9.75. The maximum atomic E-state index is 12.6. The van der Waals surface area contributed by atoms with E-state index in [2.05, 4.69) is 21.4 Å². The molecule has 3 aromatic rings.